The molecule has 0 bridgehead atoms. The summed E-state index contributed by atoms with van der Waals surface area (Å²) >= 11 is 2.13. The number of rotatable bonds is 5. The molecule has 0 heterocycles. The molecule has 3 aliphatic carbocycles. The summed E-state index contributed by atoms with van der Waals surface area (Å²) in [6.07, 6.45) is 16.7. The Kier molecular flexibility index (Phi) is 5.69. The van der Waals surface area contributed by atoms with Crippen molar-refractivity contribution >= 4 is 23.0 Å². The van der Waals surface area contributed by atoms with Crippen LogP contribution in [0.4, 0.5) is 0 Å². The third kappa shape index (κ3) is 3.37. The van der Waals surface area contributed by atoms with Gasteiger partial charge in [0.15, 0.2) is 0 Å². The first kappa shape index (κ1) is 15.6. The van der Waals surface area contributed by atoms with Gasteiger partial charge in [0.1, 0.15) is 23.0 Å². The van der Waals surface area contributed by atoms with Crippen LogP contribution >= 0.6 is 23.0 Å². The van der Waals surface area contributed by atoms with Crippen molar-refractivity contribution in [2.24, 2.45) is 29.6 Å². The maximum absolute atomic E-state index is 5.67. The van der Waals surface area contributed by atoms with Gasteiger partial charge in [0.25, 0.3) is 0 Å². The highest BCUT2D eigenvalue weighted by atomic mass is 127. The Labute approximate surface area is 139 Å². The summed E-state index contributed by atoms with van der Waals surface area (Å²) in [4.78, 5) is 0. The average molecular weight is 390 g/mol. The van der Waals surface area contributed by atoms with E-state index in [0.29, 0.717) is 6.10 Å². The van der Waals surface area contributed by atoms with Crippen LogP contribution in [0.1, 0.15) is 77.6 Å². The molecule has 6 unspecified atom stereocenters. The largest absolute Gasteiger partial charge is 0.312 e. The Morgan fingerprint density at radius 2 is 1.80 bits per heavy atom. The smallest absolute Gasteiger partial charge is 0.110 e. The molecular weight excluding hydrogens is 359 g/mol. The molecule has 20 heavy (non-hydrogen) atoms. The predicted molar refractivity (Wildman–Crippen MR) is 92.8 cm³/mol. The molecule has 0 aliphatic heterocycles. The van der Waals surface area contributed by atoms with E-state index in [0.717, 1.165) is 29.6 Å². The fraction of sp³-hybridized carbons (Fsp3) is 1.00. The molecule has 2 heteroatoms. The van der Waals surface area contributed by atoms with Crippen LogP contribution in [-0.4, -0.2) is 6.10 Å². The molecule has 0 amide bonds. The highest BCUT2D eigenvalue weighted by Crippen LogP contribution is 2.54. The molecule has 3 fully saturated rings. The third-order valence-corrected chi connectivity index (χ3v) is 7.38. The summed E-state index contributed by atoms with van der Waals surface area (Å²) in [5.41, 5.74) is 0. The summed E-state index contributed by atoms with van der Waals surface area (Å²) in [7, 11) is 0. The van der Waals surface area contributed by atoms with Gasteiger partial charge in [-0.3, -0.25) is 0 Å². The fourth-order valence-corrected chi connectivity index (χ4v) is 6.26. The zero-order valence-electron chi connectivity index (χ0n) is 13.0. The Morgan fingerprint density at radius 3 is 2.60 bits per heavy atom. The molecule has 0 radical (unpaired) electrons. The van der Waals surface area contributed by atoms with Crippen molar-refractivity contribution < 1.29 is 3.07 Å². The van der Waals surface area contributed by atoms with Crippen molar-refractivity contribution in [3.05, 3.63) is 0 Å². The van der Waals surface area contributed by atoms with Crippen LogP contribution in [0.15, 0.2) is 0 Å². The summed E-state index contributed by atoms with van der Waals surface area (Å²) < 4.78 is 5.67. The van der Waals surface area contributed by atoms with Crippen molar-refractivity contribution in [1.29, 1.82) is 0 Å². The maximum Gasteiger partial charge on any atom is 0.110 e. The molecule has 3 saturated carbocycles. The highest BCUT2D eigenvalue weighted by molar-refractivity contribution is 14.1. The average Bonchev–Trinajstić information content (AvgIpc) is 2.95. The number of halogens is 1. The second-order valence-electron chi connectivity index (χ2n) is 7.77. The highest BCUT2D eigenvalue weighted by Gasteiger charge is 2.44. The van der Waals surface area contributed by atoms with Gasteiger partial charge in [-0.15, -0.1) is 0 Å². The topological polar surface area (TPSA) is 9.23 Å². The van der Waals surface area contributed by atoms with Gasteiger partial charge in [-0.25, -0.2) is 0 Å². The first-order valence-corrected chi connectivity index (χ1v) is 9.97. The first-order chi connectivity index (χ1) is 9.81. The lowest BCUT2D eigenvalue weighted by Crippen LogP contribution is -2.37. The Bertz CT molecular complexity index is 306. The molecule has 3 aliphatic rings. The monoisotopic (exact) mass is 390 g/mol. The predicted octanol–water partition coefficient (Wildman–Crippen LogP) is 6.15. The molecule has 0 N–H and O–H groups in total. The molecule has 3 rings (SSSR count). The van der Waals surface area contributed by atoms with Crippen LogP contribution in [0.25, 0.3) is 0 Å². The van der Waals surface area contributed by atoms with Crippen LogP contribution in [0, 0.1) is 29.6 Å². The van der Waals surface area contributed by atoms with E-state index in [1.165, 1.54) is 44.9 Å². The minimum atomic E-state index is 0.518. The van der Waals surface area contributed by atoms with Crippen LogP contribution in [-0.2, 0) is 3.07 Å². The Morgan fingerprint density at radius 1 is 1.00 bits per heavy atom. The van der Waals surface area contributed by atoms with Crippen LogP contribution in [0.2, 0.25) is 0 Å². The van der Waals surface area contributed by atoms with Gasteiger partial charge in [0.05, 0.1) is 6.10 Å². The van der Waals surface area contributed by atoms with Crippen molar-refractivity contribution in [2.75, 3.05) is 0 Å². The second-order valence-corrected chi connectivity index (χ2v) is 8.28. The van der Waals surface area contributed by atoms with Gasteiger partial charge in [-0.1, -0.05) is 32.6 Å². The molecule has 0 aromatic carbocycles. The van der Waals surface area contributed by atoms with Crippen molar-refractivity contribution in [1.82, 2.24) is 0 Å². The van der Waals surface area contributed by atoms with Crippen molar-refractivity contribution in [3.63, 3.8) is 0 Å². The summed E-state index contributed by atoms with van der Waals surface area (Å²) in [6, 6.07) is 0. The SMILES string of the molecule is CCCC(CC1CCC2C(CCC3CCCC32)C1)OI. The van der Waals surface area contributed by atoms with Gasteiger partial charge >= 0.3 is 0 Å². The molecular formula is C18H31IO. The van der Waals surface area contributed by atoms with Gasteiger partial charge in [0, 0.05) is 0 Å². The molecule has 116 valence electrons. The van der Waals surface area contributed by atoms with Gasteiger partial charge < -0.3 is 3.07 Å². The van der Waals surface area contributed by atoms with E-state index in [1.807, 2.05) is 0 Å². The summed E-state index contributed by atoms with van der Waals surface area (Å²) in [5, 5.41) is 0. The van der Waals surface area contributed by atoms with E-state index in [4.69, 9.17) is 3.07 Å². The minimum absolute atomic E-state index is 0.518. The Hall–Kier alpha value is 0.690. The van der Waals surface area contributed by atoms with E-state index in [2.05, 4.69) is 29.9 Å². The first-order valence-electron chi connectivity index (χ1n) is 9.09. The van der Waals surface area contributed by atoms with Crippen LogP contribution in [0.5, 0.6) is 0 Å². The molecule has 0 aromatic heterocycles. The van der Waals surface area contributed by atoms with E-state index in [1.54, 1.807) is 25.7 Å². The second kappa shape index (κ2) is 7.30. The molecule has 1 nitrogen and oxygen atoms in total. The minimum Gasteiger partial charge on any atom is -0.312 e. The van der Waals surface area contributed by atoms with E-state index in [-0.39, 0.29) is 0 Å². The van der Waals surface area contributed by atoms with Crippen molar-refractivity contribution in [2.45, 2.75) is 83.7 Å². The standard InChI is InChI=1S/C18H31IO/c1-2-4-16(20-19)12-13-7-10-18-15(11-13)9-8-14-5-3-6-17(14)18/h13-18H,2-12H2,1H3. The summed E-state index contributed by atoms with van der Waals surface area (Å²) in [5.74, 6) is 5.39. The third-order valence-electron chi connectivity index (χ3n) is 6.66. The molecule has 0 aromatic rings. The van der Waals surface area contributed by atoms with Crippen LogP contribution < -0.4 is 0 Å². The summed E-state index contributed by atoms with van der Waals surface area (Å²) in [6.45, 7) is 2.28. The number of fused-ring (bicyclic) bond motifs is 3. The number of hydrogen-bond acceptors (Lipinski definition) is 1. The van der Waals surface area contributed by atoms with Gasteiger partial charge in [-0.2, -0.15) is 0 Å². The molecule has 6 atom stereocenters. The lowest BCUT2D eigenvalue weighted by atomic mass is 9.60. The van der Waals surface area contributed by atoms with E-state index < -0.39 is 0 Å². The lowest BCUT2D eigenvalue weighted by molar-refractivity contribution is 0.0394. The van der Waals surface area contributed by atoms with Crippen molar-refractivity contribution in [3.8, 4) is 0 Å². The zero-order valence-corrected chi connectivity index (χ0v) is 15.2. The van der Waals surface area contributed by atoms with Gasteiger partial charge in [-0.05, 0) is 74.5 Å². The van der Waals surface area contributed by atoms with E-state index >= 15 is 0 Å². The van der Waals surface area contributed by atoms with Crippen LogP contribution in [0.3, 0.4) is 0 Å². The normalized spacial score (nSPS) is 42.0. The number of hydrogen-bond donors (Lipinski definition) is 0. The molecule has 0 saturated heterocycles. The van der Waals surface area contributed by atoms with Gasteiger partial charge in [0.2, 0.25) is 0 Å². The fourth-order valence-electron chi connectivity index (χ4n) is 5.80. The zero-order chi connectivity index (χ0) is 13.9. The quantitative estimate of drug-likeness (QED) is 0.511. The van der Waals surface area contributed by atoms with E-state index in [9.17, 15) is 0 Å². The Balaban J connectivity index is 1.53. The lowest BCUT2D eigenvalue weighted by Gasteiger charge is -2.46. The molecule has 0 spiro atoms. The maximum atomic E-state index is 5.67.